The third-order valence-electron chi connectivity index (χ3n) is 6.94. The average molecular weight is 615 g/mol. The third-order valence-corrected chi connectivity index (χ3v) is 6.94. The molecule has 0 spiro atoms. The van der Waals surface area contributed by atoms with Crippen LogP contribution in [0, 0.1) is 59.4 Å². The summed E-state index contributed by atoms with van der Waals surface area (Å²) in [6, 6.07) is 3.73. The van der Waals surface area contributed by atoms with Gasteiger partial charge in [0, 0.05) is 6.07 Å². The number of nitrogens with one attached hydrogen (secondary N) is 2. The van der Waals surface area contributed by atoms with Gasteiger partial charge in [0.1, 0.15) is 29.6 Å². The number of aryl methyl sites for hydroxylation is 6. The zero-order valence-electron chi connectivity index (χ0n) is 25.2. The molecule has 7 heterocycles. The first-order valence-electron chi connectivity index (χ1n) is 13.6. The van der Waals surface area contributed by atoms with E-state index in [9.17, 15) is 5.26 Å². The van der Waals surface area contributed by atoms with E-state index in [0.29, 0.717) is 57.1 Å². The van der Waals surface area contributed by atoms with Gasteiger partial charge in [0.2, 0.25) is 0 Å². The van der Waals surface area contributed by atoms with Crippen LogP contribution in [-0.2, 0) is 0 Å². The minimum atomic E-state index is 0.147. The van der Waals surface area contributed by atoms with Crippen molar-refractivity contribution < 1.29 is 0 Å². The Bertz CT molecular complexity index is 2300. The standard InChI is InChI=1S/C26H22N20/c1-11-17(9-27)23(35-33-21-13(3)39-45-24(21)31-15(5)41-45)43(37-11)18-8-19(30-10-29-18)44-26(20(28-7)12(2)38-44)36-34-22-14(4)40-46-25(22)32-16(6)42-46/h8,10H,1-6H3,(H,31,41)(H,32,42). The maximum atomic E-state index is 9.95. The fraction of sp³-hybridized carbons (Fsp3) is 0.231. The summed E-state index contributed by atoms with van der Waals surface area (Å²) in [7, 11) is 0. The smallest absolute Gasteiger partial charge is 0.255 e. The Balaban J connectivity index is 1.32. The van der Waals surface area contributed by atoms with Gasteiger partial charge in [0.15, 0.2) is 45.9 Å². The first-order chi connectivity index (χ1) is 22.2. The third kappa shape index (κ3) is 4.36. The monoisotopic (exact) mass is 614 g/mol. The van der Waals surface area contributed by atoms with Crippen LogP contribution < -0.4 is 0 Å². The largest absolute Gasteiger partial charge is 0.324 e. The number of aromatic nitrogens is 14. The van der Waals surface area contributed by atoms with E-state index in [0.717, 1.165) is 0 Å². The molecule has 0 radical (unpaired) electrons. The van der Waals surface area contributed by atoms with Crippen LogP contribution in [0.15, 0.2) is 32.9 Å². The van der Waals surface area contributed by atoms with E-state index in [1.165, 1.54) is 25.0 Å². The molecular formula is C26H22N20. The summed E-state index contributed by atoms with van der Waals surface area (Å²) in [4.78, 5) is 18.6. The van der Waals surface area contributed by atoms with Crippen LogP contribution in [0.25, 0.3) is 27.8 Å². The lowest BCUT2D eigenvalue weighted by molar-refractivity contribution is 0.788. The van der Waals surface area contributed by atoms with Crippen LogP contribution in [0.5, 0.6) is 0 Å². The molecule has 0 saturated heterocycles. The fourth-order valence-electron chi connectivity index (χ4n) is 4.84. The van der Waals surface area contributed by atoms with Gasteiger partial charge >= 0.3 is 0 Å². The molecule has 20 heteroatoms. The molecule has 2 N–H and O–H groups in total. The maximum Gasteiger partial charge on any atom is 0.255 e. The number of nitrogens with zero attached hydrogens (tertiary/aromatic N) is 18. The van der Waals surface area contributed by atoms with E-state index in [-0.39, 0.29) is 34.5 Å². The quantitative estimate of drug-likeness (QED) is 0.195. The number of hydrogen-bond donors (Lipinski definition) is 2. The number of H-pyrrole nitrogens is 2. The lowest BCUT2D eigenvalue weighted by Crippen LogP contribution is -2.05. The lowest BCUT2D eigenvalue weighted by Gasteiger charge is -2.07. The molecule has 0 atom stereocenters. The Morgan fingerprint density at radius 2 is 1.22 bits per heavy atom. The summed E-state index contributed by atoms with van der Waals surface area (Å²) in [5, 5.41) is 53.9. The highest BCUT2D eigenvalue weighted by Gasteiger charge is 2.22. The molecule has 0 aromatic carbocycles. The van der Waals surface area contributed by atoms with E-state index in [1.54, 1.807) is 47.6 Å². The molecule has 7 rings (SSSR count). The van der Waals surface area contributed by atoms with Crippen molar-refractivity contribution in [3.8, 4) is 17.7 Å². The first kappa shape index (κ1) is 27.8. The van der Waals surface area contributed by atoms with Gasteiger partial charge in [-0.1, -0.05) is 0 Å². The molecule has 0 saturated carbocycles. The van der Waals surface area contributed by atoms with E-state index in [4.69, 9.17) is 6.57 Å². The van der Waals surface area contributed by atoms with Gasteiger partial charge in [-0.15, -0.1) is 39.9 Å². The van der Waals surface area contributed by atoms with Crippen molar-refractivity contribution in [2.75, 3.05) is 0 Å². The van der Waals surface area contributed by atoms with Crippen LogP contribution in [0.2, 0.25) is 0 Å². The normalized spacial score (nSPS) is 11.9. The summed E-state index contributed by atoms with van der Waals surface area (Å²) >= 11 is 0. The van der Waals surface area contributed by atoms with E-state index >= 15 is 0 Å². The van der Waals surface area contributed by atoms with Gasteiger partial charge < -0.3 is 9.97 Å². The molecule has 0 amide bonds. The minimum absolute atomic E-state index is 0.147. The van der Waals surface area contributed by atoms with Gasteiger partial charge in [0.05, 0.1) is 29.3 Å². The van der Waals surface area contributed by atoms with Gasteiger partial charge in [0.25, 0.3) is 5.69 Å². The highest BCUT2D eigenvalue weighted by molar-refractivity contribution is 5.70. The summed E-state index contributed by atoms with van der Waals surface area (Å²) in [6.07, 6.45) is 1.31. The average Bonchev–Trinajstić information content (AvgIpc) is 3.83. The van der Waals surface area contributed by atoms with Crippen LogP contribution in [0.1, 0.15) is 40.0 Å². The highest BCUT2D eigenvalue weighted by Crippen LogP contribution is 2.36. The van der Waals surface area contributed by atoms with Gasteiger partial charge in [-0.25, -0.2) is 19.5 Å². The first-order valence-corrected chi connectivity index (χ1v) is 13.6. The van der Waals surface area contributed by atoms with Crippen molar-refractivity contribution in [3.05, 3.63) is 63.8 Å². The molecule has 0 unspecified atom stereocenters. The number of fused-ring (bicyclic) bond motifs is 2. The van der Waals surface area contributed by atoms with Crippen LogP contribution >= 0.6 is 0 Å². The van der Waals surface area contributed by atoms with Crippen molar-refractivity contribution in [2.45, 2.75) is 41.5 Å². The highest BCUT2D eigenvalue weighted by atomic mass is 15.5. The summed E-state index contributed by atoms with van der Waals surface area (Å²) in [6.45, 7) is 18.3. The maximum absolute atomic E-state index is 9.95. The molecule has 226 valence electrons. The molecule has 20 nitrogen and oxygen atoms in total. The Labute approximate surface area is 258 Å². The summed E-state index contributed by atoms with van der Waals surface area (Å²) in [5.41, 5.74) is 4.48. The van der Waals surface area contributed by atoms with Crippen LogP contribution in [0.4, 0.5) is 28.7 Å². The SMILES string of the molecule is [C-]#[N+]c1c(C)nn(-c2cc(-n3nc(C)c(C#N)c3N=Nc3c(C)nn4nc(C)[nH]c34)ncn2)c1N=Nc1c(C)nn2nc(C)[nH]c12. The van der Waals surface area contributed by atoms with E-state index in [1.807, 2.05) is 0 Å². The predicted molar refractivity (Wildman–Crippen MR) is 159 cm³/mol. The zero-order chi connectivity index (χ0) is 32.3. The minimum Gasteiger partial charge on any atom is -0.324 e. The van der Waals surface area contributed by atoms with Crippen LogP contribution in [0.3, 0.4) is 0 Å². The van der Waals surface area contributed by atoms with Crippen molar-refractivity contribution in [1.82, 2.24) is 69.2 Å². The zero-order valence-corrected chi connectivity index (χ0v) is 25.2. The number of nitriles is 1. The number of hydrogen-bond acceptors (Lipinski definition) is 13. The predicted octanol–water partition coefficient (Wildman–Crippen LogP) is 4.69. The van der Waals surface area contributed by atoms with E-state index < -0.39 is 0 Å². The molecule has 0 aliphatic rings. The van der Waals surface area contributed by atoms with E-state index in [2.05, 4.69) is 81.9 Å². The lowest BCUT2D eigenvalue weighted by atomic mass is 10.3. The second-order valence-corrected chi connectivity index (χ2v) is 10.2. The Hall–Kier alpha value is -6.96. The second kappa shape index (κ2) is 10.3. The summed E-state index contributed by atoms with van der Waals surface area (Å²) in [5.74, 6) is 2.15. The molecular weight excluding hydrogens is 592 g/mol. The molecule has 7 aromatic heterocycles. The molecule has 7 aromatic rings. The molecule has 0 aliphatic carbocycles. The second-order valence-electron chi connectivity index (χ2n) is 10.2. The van der Waals surface area contributed by atoms with Crippen molar-refractivity contribution >= 4 is 40.0 Å². The number of rotatable bonds is 6. The molecule has 0 fully saturated rings. The Morgan fingerprint density at radius 3 is 1.76 bits per heavy atom. The van der Waals surface area contributed by atoms with Crippen molar-refractivity contribution in [3.63, 3.8) is 0 Å². The fourth-order valence-corrected chi connectivity index (χ4v) is 4.84. The molecule has 0 bridgehead atoms. The molecule has 46 heavy (non-hydrogen) atoms. The van der Waals surface area contributed by atoms with Gasteiger partial charge in [-0.05, 0) is 41.5 Å². The molecule has 0 aliphatic heterocycles. The van der Waals surface area contributed by atoms with Gasteiger partial charge in [-0.3, -0.25) is 0 Å². The topological polar surface area (TPSA) is 231 Å². The Kier molecular flexibility index (Phi) is 6.26. The van der Waals surface area contributed by atoms with Crippen molar-refractivity contribution in [1.29, 1.82) is 5.26 Å². The number of aromatic amines is 2. The van der Waals surface area contributed by atoms with Crippen molar-refractivity contribution in [2.24, 2.45) is 20.5 Å². The van der Waals surface area contributed by atoms with Gasteiger partial charge in [-0.2, -0.15) is 30.3 Å². The van der Waals surface area contributed by atoms with Crippen LogP contribution in [-0.4, -0.2) is 69.2 Å². The number of azo groups is 2. The Morgan fingerprint density at radius 1 is 0.696 bits per heavy atom. The summed E-state index contributed by atoms with van der Waals surface area (Å²) < 4.78 is 5.66.